The fraction of sp³-hybridized carbons (Fsp3) is 0.353. The van der Waals surface area contributed by atoms with Crippen LogP contribution in [0.4, 0.5) is 4.39 Å². The molecule has 0 saturated carbocycles. The number of hydrogen-bond acceptors (Lipinski definition) is 4. The first-order chi connectivity index (χ1) is 10.9. The molecule has 1 aliphatic heterocycles. The first-order valence-corrected chi connectivity index (χ1v) is 7.47. The number of hydrogen-bond donors (Lipinski definition) is 2. The van der Waals surface area contributed by atoms with Gasteiger partial charge in [-0.25, -0.2) is 4.39 Å². The third kappa shape index (κ3) is 4.03. The number of carbonyl (C=O) groups is 1. The number of nitrogens with one attached hydrogen (secondary N) is 2. The Hall–Kier alpha value is -2.50. The summed E-state index contributed by atoms with van der Waals surface area (Å²) in [7, 11) is 3.01. The van der Waals surface area contributed by atoms with Gasteiger partial charge >= 0.3 is 0 Å². The third-order valence-electron chi connectivity index (χ3n) is 3.37. The molecule has 6 heteroatoms. The Kier molecular flexibility index (Phi) is 5.26. The second-order valence-corrected chi connectivity index (χ2v) is 5.73. The van der Waals surface area contributed by atoms with Gasteiger partial charge in [0, 0.05) is 25.4 Å². The van der Waals surface area contributed by atoms with Gasteiger partial charge in [-0.15, -0.1) is 0 Å². The Morgan fingerprint density at radius 1 is 1.43 bits per heavy atom. The Morgan fingerprint density at radius 3 is 2.74 bits per heavy atom. The number of halogens is 1. The number of amides is 1. The highest BCUT2D eigenvalue weighted by Crippen LogP contribution is 2.24. The van der Waals surface area contributed by atoms with Gasteiger partial charge in [-0.2, -0.15) is 0 Å². The van der Waals surface area contributed by atoms with Gasteiger partial charge in [-0.3, -0.25) is 15.2 Å². The van der Waals surface area contributed by atoms with E-state index in [1.807, 2.05) is 5.01 Å². The van der Waals surface area contributed by atoms with Gasteiger partial charge in [-0.1, -0.05) is 13.8 Å². The van der Waals surface area contributed by atoms with Crippen molar-refractivity contribution in [1.29, 1.82) is 0 Å². The van der Waals surface area contributed by atoms with E-state index in [2.05, 4.69) is 24.6 Å². The van der Waals surface area contributed by atoms with Crippen LogP contribution in [0.25, 0.3) is 5.70 Å². The summed E-state index contributed by atoms with van der Waals surface area (Å²) in [4.78, 5) is 12.0. The van der Waals surface area contributed by atoms with Crippen LogP contribution in [0.1, 0.15) is 19.4 Å². The number of hydrazine groups is 1. The van der Waals surface area contributed by atoms with Crippen molar-refractivity contribution >= 4 is 11.6 Å². The Labute approximate surface area is 135 Å². The number of methoxy groups -OCH3 is 1. The molecule has 5 nitrogen and oxygen atoms in total. The molecule has 0 fully saturated rings. The summed E-state index contributed by atoms with van der Waals surface area (Å²) in [6.07, 6.45) is 3.46. The number of nitrogens with zero attached hydrogens (tertiary/aromatic N) is 1. The number of likely N-dealkylation sites (N-methyl/N-ethyl adjacent to an activating group) is 1. The van der Waals surface area contributed by atoms with E-state index in [4.69, 9.17) is 4.74 Å². The maximum absolute atomic E-state index is 13.9. The fourth-order valence-electron chi connectivity index (χ4n) is 2.32. The molecule has 1 aliphatic rings. The molecule has 1 heterocycles. The molecule has 0 saturated heterocycles. The highest BCUT2D eigenvalue weighted by molar-refractivity contribution is 5.98. The summed E-state index contributed by atoms with van der Waals surface area (Å²) >= 11 is 0. The predicted molar refractivity (Wildman–Crippen MR) is 87.8 cm³/mol. The SMILES string of the molecule is CNC(=O)C1=CN(CC(C)C)NC(c2ccc(OC)c(F)c2)=C1. The number of carbonyl (C=O) groups excluding carboxylic acids is 1. The van der Waals surface area contributed by atoms with Crippen molar-refractivity contribution in [2.45, 2.75) is 13.8 Å². The number of ether oxygens (including phenoxy) is 1. The van der Waals surface area contributed by atoms with Gasteiger partial charge < -0.3 is 10.1 Å². The molecule has 1 amide bonds. The molecule has 0 atom stereocenters. The van der Waals surface area contributed by atoms with Crippen molar-refractivity contribution in [3.63, 3.8) is 0 Å². The Bertz CT molecular complexity index is 653. The molecule has 0 aromatic heterocycles. The van der Waals surface area contributed by atoms with Gasteiger partial charge in [-0.05, 0) is 30.2 Å². The molecule has 2 N–H and O–H groups in total. The van der Waals surface area contributed by atoms with Crippen LogP contribution in [0.2, 0.25) is 0 Å². The topological polar surface area (TPSA) is 53.6 Å². The monoisotopic (exact) mass is 319 g/mol. The van der Waals surface area contributed by atoms with Crippen molar-refractivity contribution in [2.24, 2.45) is 5.92 Å². The lowest BCUT2D eigenvalue weighted by molar-refractivity contribution is -0.116. The predicted octanol–water partition coefficient (Wildman–Crippen LogP) is 2.28. The normalized spacial score (nSPS) is 14.1. The van der Waals surface area contributed by atoms with Crippen molar-refractivity contribution in [2.75, 3.05) is 20.7 Å². The first-order valence-electron chi connectivity index (χ1n) is 7.47. The zero-order valence-electron chi connectivity index (χ0n) is 13.8. The average Bonchev–Trinajstić information content (AvgIpc) is 2.53. The maximum Gasteiger partial charge on any atom is 0.252 e. The molecular formula is C17H22FN3O2. The van der Waals surface area contributed by atoms with Crippen molar-refractivity contribution in [1.82, 2.24) is 15.8 Å². The minimum atomic E-state index is -0.445. The van der Waals surface area contributed by atoms with E-state index in [0.29, 0.717) is 22.8 Å². The highest BCUT2D eigenvalue weighted by Gasteiger charge is 2.18. The van der Waals surface area contributed by atoms with Crippen LogP contribution in [0, 0.1) is 11.7 Å². The van der Waals surface area contributed by atoms with Gasteiger partial charge in [0.1, 0.15) is 0 Å². The summed E-state index contributed by atoms with van der Waals surface area (Å²) in [5.74, 6) is -0.0474. The molecular weight excluding hydrogens is 297 g/mol. The van der Waals surface area contributed by atoms with Crippen LogP contribution in [-0.4, -0.2) is 31.6 Å². The van der Waals surface area contributed by atoms with E-state index < -0.39 is 5.82 Å². The Morgan fingerprint density at radius 2 is 2.17 bits per heavy atom. The largest absolute Gasteiger partial charge is 0.494 e. The molecule has 124 valence electrons. The van der Waals surface area contributed by atoms with Crippen molar-refractivity contribution in [3.05, 3.63) is 47.4 Å². The summed E-state index contributed by atoms with van der Waals surface area (Å²) in [6.45, 7) is 4.89. The molecule has 0 spiro atoms. The number of benzene rings is 1. The standard InChI is InChI=1S/C17H22FN3O2/c1-11(2)9-21-10-13(17(22)19-3)8-15(20-21)12-5-6-16(23-4)14(18)7-12/h5-8,10-11,20H,9H2,1-4H3,(H,19,22). The smallest absolute Gasteiger partial charge is 0.252 e. The summed E-state index contributed by atoms with van der Waals surface area (Å²) in [5.41, 5.74) is 5.02. The van der Waals surface area contributed by atoms with Crippen LogP contribution in [0.15, 0.2) is 36.0 Å². The van der Waals surface area contributed by atoms with Crippen LogP contribution in [-0.2, 0) is 4.79 Å². The summed E-state index contributed by atoms with van der Waals surface area (Å²) in [5, 5.41) is 4.45. The van der Waals surface area contributed by atoms with Crippen LogP contribution < -0.4 is 15.5 Å². The van der Waals surface area contributed by atoms with E-state index in [9.17, 15) is 9.18 Å². The van der Waals surface area contributed by atoms with Gasteiger partial charge in [0.05, 0.1) is 18.4 Å². The van der Waals surface area contributed by atoms with Gasteiger partial charge in [0.25, 0.3) is 5.91 Å². The third-order valence-corrected chi connectivity index (χ3v) is 3.37. The fourth-order valence-corrected chi connectivity index (χ4v) is 2.32. The van der Waals surface area contributed by atoms with Crippen molar-refractivity contribution < 1.29 is 13.9 Å². The molecule has 0 radical (unpaired) electrons. The van der Waals surface area contributed by atoms with Crippen molar-refractivity contribution in [3.8, 4) is 5.75 Å². The summed E-state index contributed by atoms with van der Waals surface area (Å²) < 4.78 is 18.9. The lowest BCUT2D eigenvalue weighted by Gasteiger charge is -2.30. The first kappa shape index (κ1) is 16.9. The lowest BCUT2D eigenvalue weighted by Crippen LogP contribution is -2.39. The molecule has 23 heavy (non-hydrogen) atoms. The zero-order chi connectivity index (χ0) is 17.0. The molecule has 1 aromatic carbocycles. The molecule has 0 bridgehead atoms. The van der Waals surface area contributed by atoms with E-state index in [-0.39, 0.29) is 11.7 Å². The summed E-state index contributed by atoms with van der Waals surface area (Å²) in [6, 6.07) is 4.71. The van der Waals surface area contributed by atoms with Gasteiger partial charge in [0.15, 0.2) is 11.6 Å². The quantitative estimate of drug-likeness (QED) is 0.874. The van der Waals surface area contributed by atoms with Gasteiger partial charge in [0.2, 0.25) is 0 Å². The van der Waals surface area contributed by atoms with Crippen LogP contribution in [0.3, 0.4) is 0 Å². The van der Waals surface area contributed by atoms with E-state index in [1.54, 1.807) is 31.5 Å². The van der Waals surface area contributed by atoms with E-state index in [0.717, 1.165) is 6.54 Å². The molecule has 0 unspecified atom stereocenters. The minimum Gasteiger partial charge on any atom is -0.494 e. The molecule has 0 aliphatic carbocycles. The zero-order valence-corrected chi connectivity index (χ0v) is 13.8. The lowest BCUT2D eigenvalue weighted by atomic mass is 10.1. The minimum absolute atomic E-state index is 0.186. The van der Waals surface area contributed by atoms with E-state index >= 15 is 0 Å². The van der Waals surface area contributed by atoms with Crippen LogP contribution >= 0.6 is 0 Å². The number of rotatable bonds is 5. The molecule has 1 aromatic rings. The molecule has 2 rings (SSSR count). The average molecular weight is 319 g/mol. The second kappa shape index (κ2) is 7.17. The van der Waals surface area contributed by atoms with Crippen LogP contribution in [0.5, 0.6) is 5.75 Å². The van der Waals surface area contributed by atoms with E-state index in [1.165, 1.54) is 13.2 Å². The second-order valence-electron chi connectivity index (χ2n) is 5.73. The maximum atomic E-state index is 13.9. The Balaban J connectivity index is 2.36. The highest BCUT2D eigenvalue weighted by atomic mass is 19.1.